The molecule has 3 aromatic rings. The number of nitrogens with zero attached hydrogens (tertiary/aromatic N) is 2. The molecule has 1 fully saturated rings. The van der Waals surface area contributed by atoms with Crippen molar-refractivity contribution in [1.29, 1.82) is 0 Å². The van der Waals surface area contributed by atoms with Gasteiger partial charge in [-0.3, -0.25) is 10.3 Å². The van der Waals surface area contributed by atoms with Crippen LogP contribution in [-0.4, -0.2) is 42.1 Å². The molecule has 2 N–H and O–H groups in total. The zero-order chi connectivity index (χ0) is 20.6. The quantitative estimate of drug-likeness (QED) is 0.615. The van der Waals surface area contributed by atoms with Crippen molar-refractivity contribution in [2.75, 3.05) is 26.2 Å². The number of carbonyl (C=O) groups excluding carboxylic acids is 1. The van der Waals surface area contributed by atoms with E-state index in [-0.39, 0.29) is 6.03 Å². The van der Waals surface area contributed by atoms with Crippen molar-refractivity contribution in [3.63, 3.8) is 0 Å². The van der Waals surface area contributed by atoms with Gasteiger partial charge in [0.15, 0.2) is 6.23 Å². The van der Waals surface area contributed by atoms with Gasteiger partial charge in [0.2, 0.25) is 0 Å². The fourth-order valence-electron chi connectivity index (χ4n) is 3.14. The summed E-state index contributed by atoms with van der Waals surface area (Å²) < 4.78 is 11.9. The van der Waals surface area contributed by atoms with Gasteiger partial charge in [-0.15, -0.1) is 0 Å². The summed E-state index contributed by atoms with van der Waals surface area (Å²) in [5.41, 5.74) is 0.808. The van der Waals surface area contributed by atoms with Gasteiger partial charge in [-0.1, -0.05) is 18.2 Å². The van der Waals surface area contributed by atoms with Crippen LogP contribution in [0, 0.1) is 0 Å². The highest BCUT2D eigenvalue weighted by Crippen LogP contribution is 2.25. The molecule has 7 heteroatoms. The van der Waals surface area contributed by atoms with Crippen LogP contribution in [0.4, 0.5) is 4.79 Å². The second kappa shape index (κ2) is 9.76. The van der Waals surface area contributed by atoms with Gasteiger partial charge < -0.3 is 19.7 Å². The summed E-state index contributed by atoms with van der Waals surface area (Å²) in [5, 5.41) is 6.23. The van der Waals surface area contributed by atoms with Crippen molar-refractivity contribution < 1.29 is 14.3 Å². The molecule has 0 bridgehead atoms. The summed E-state index contributed by atoms with van der Waals surface area (Å²) in [6.45, 7) is 2.89. The largest absolute Gasteiger partial charge is 0.465 e. The van der Waals surface area contributed by atoms with Crippen molar-refractivity contribution >= 4 is 6.03 Å². The molecule has 4 rings (SSSR count). The summed E-state index contributed by atoms with van der Waals surface area (Å²) in [5.74, 6) is 2.05. The third kappa shape index (κ3) is 5.27. The number of piperazine rings is 1. The first-order chi connectivity index (χ1) is 14.8. The molecule has 7 nitrogen and oxygen atoms in total. The fourth-order valence-corrected chi connectivity index (χ4v) is 3.14. The van der Waals surface area contributed by atoms with E-state index in [1.807, 2.05) is 60.7 Å². The van der Waals surface area contributed by atoms with E-state index in [0.717, 1.165) is 24.4 Å². The topological polar surface area (TPSA) is 75.7 Å². The van der Waals surface area contributed by atoms with Gasteiger partial charge in [-0.05, 0) is 48.5 Å². The summed E-state index contributed by atoms with van der Waals surface area (Å²) in [6.07, 6.45) is 2.65. The SMILES string of the molecule is O=C(N[C@@H](Oc1cccnc1)c1ccc(Oc2ccccc2)cc1)N1CCNCC1. The summed E-state index contributed by atoms with van der Waals surface area (Å²) >= 11 is 0. The fraction of sp³-hybridized carbons (Fsp3) is 0.217. The normalized spacial score (nSPS) is 14.6. The highest BCUT2D eigenvalue weighted by molar-refractivity contribution is 5.74. The maximum atomic E-state index is 12.7. The standard InChI is InChI=1S/C23H24N4O3/c28-23(27-15-13-24-14-16-27)26-22(30-21-7-4-12-25-17-21)18-8-10-20(11-9-18)29-19-5-2-1-3-6-19/h1-12,17,22,24H,13-16H2,(H,26,28)/t22-/m0/s1. The van der Waals surface area contributed by atoms with E-state index >= 15 is 0 Å². The highest BCUT2D eigenvalue weighted by Gasteiger charge is 2.22. The molecule has 2 heterocycles. The third-order valence-electron chi connectivity index (χ3n) is 4.71. The van der Waals surface area contributed by atoms with E-state index in [2.05, 4.69) is 15.6 Å². The molecule has 2 aromatic carbocycles. The molecule has 0 spiro atoms. The van der Waals surface area contributed by atoms with Gasteiger partial charge >= 0.3 is 6.03 Å². The molecular weight excluding hydrogens is 380 g/mol. The number of carbonyl (C=O) groups is 1. The maximum absolute atomic E-state index is 12.7. The average Bonchev–Trinajstić information content (AvgIpc) is 2.81. The Kier molecular flexibility index (Phi) is 6.41. The Morgan fingerprint density at radius 2 is 1.63 bits per heavy atom. The number of para-hydroxylation sites is 1. The van der Waals surface area contributed by atoms with Gasteiger partial charge in [0.1, 0.15) is 17.2 Å². The Bertz CT molecular complexity index is 930. The lowest BCUT2D eigenvalue weighted by molar-refractivity contribution is 0.139. The van der Waals surface area contributed by atoms with Crippen molar-refractivity contribution in [1.82, 2.24) is 20.5 Å². The number of hydrogen-bond acceptors (Lipinski definition) is 5. The molecule has 0 unspecified atom stereocenters. The first-order valence-corrected chi connectivity index (χ1v) is 9.94. The average molecular weight is 404 g/mol. The lowest BCUT2D eigenvalue weighted by Crippen LogP contribution is -2.51. The zero-order valence-corrected chi connectivity index (χ0v) is 16.5. The first-order valence-electron chi connectivity index (χ1n) is 9.94. The number of urea groups is 1. The smallest absolute Gasteiger partial charge is 0.320 e. The second-order valence-electron chi connectivity index (χ2n) is 6.86. The van der Waals surface area contributed by atoms with Gasteiger partial charge in [-0.25, -0.2) is 4.79 Å². The van der Waals surface area contributed by atoms with E-state index < -0.39 is 6.23 Å². The minimum absolute atomic E-state index is 0.157. The number of pyridine rings is 1. The monoisotopic (exact) mass is 404 g/mol. The summed E-state index contributed by atoms with van der Waals surface area (Å²) in [4.78, 5) is 18.6. The predicted molar refractivity (Wildman–Crippen MR) is 114 cm³/mol. The molecule has 2 amide bonds. The Hall–Kier alpha value is -3.58. The Morgan fingerprint density at radius 3 is 2.33 bits per heavy atom. The van der Waals surface area contributed by atoms with Crippen molar-refractivity contribution in [2.24, 2.45) is 0 Å². The molecule has 1 atom stereocenters. The zero-order valence-electron chi connectivity index (χ0n) is 16.5. The van der Waals surface area contributed by atoms with Crippen LogP contribution in [0.25, 0.3) is 0 Å². The molecular formula is C23H24N4O3. The molecule has 154 valence electrons. The van der Waals surface area contributed by atoms with E-state index in [0.29, 0.717) is 24.6 Å². The lowest BCUT2D eigenvalue weighted by Gasteiger charge is -2.30. The number of benzene rings is 2. The Labute approximate surface area is 175 Å². The number of aromatic nitrogens is 1. The van der Waals surface area contributed by atoms with Crippen LogP contribution in [0.3, 0.4) is 0 Å². The molecule has 1 aliphatic rings. The predicted octanol–water partition coefficient (Wildman–Crippen LogP) is 3.57. The molecule has 30 heavy (non-hydrogen) atoms. The van der Waals surface area contributed by atoms with Crippen molar-refractivity contribution in [3.8, 4) is 17.2 Å². The summed E-state index contributed by atoms with van der Waals surface area (Å²) in [7, 11) is 0. The van der Waals surface area contributed by atoms with Crippen LogP contribution in [0.1, 0.15) is 11.8 Å². The molecule has 0 radical (unpaired) electrons. The van der Waals surface area contributed by atoms with Crippen LogP contribution in [0.15, 0.2) is 79.1 Å². The van der Waals surface area contributed by atoms with Crippen molar-refractivity contribution in [2.45, 2.75) is 6.23 Å². The van der Waals surface area contributed by atoms with E-state index in [9.17, 15) is 4.79 Å². The highest BCUT2D eigenvalue weighted by atomic mass is 16.5. The molecule has 0 saturated carbocycles. The number of ether oxygens (including phenoxy) is 2. The van der Waals surface area contributed by atoms with E-state index in [1.54, 1.807) is 23.4 Å². The van der Waals surface area contributed by atoms with Crippen LogP contribution >= 0.6 is 0 Å². The van der Waals surface area contributed by atoms with Gasteiger partial charge in [0.05, 0.1) is 6.20 Å². The van der Waals surface area contributed by atoms with Crippen LogP contribution in [-0.2, 0) is 0 Å². The third-order valence-corrected chi connectivity index (χ3v) is 4.71. The van der Waals surface area contributed by atoms with Crippen LogP contribution in [0.5, 0.6) is 17.2 Å². The number of rotatable bonds is 6. The van der Waals surface area contributed by atoms with Crippen LogP contribution < -0.4 is 20.1 Å². The summed E-state index contributed by atoms with van der Waals surface area (Å²) in [6, 6.07) is 20.5. The number of amides is 2. The van der Waals surface area contributed by atoms with E-state index in [1.165, 1.54) is 0 Å². The maximum Gasteiger partial charge on any atom is 0.320 e. The van der Waals surface area contributed by atoms with Gasteiger partial charge in [-0.2, -0.15) is 0 Å². The Morgan fingerprint density at radius 1 is 0.933 bits per heavy atom. The first kappa shape index (κ1) is 19.7. The van der Waals surface area contributed by atoms with Gasteiger partial charge in [0.25, 0.3) is 0 Å². The minimum atomic E-state index is -0.651. The van der Waals surface area contributed by atoms with Gasteiger partial charge in [0, 0.05) is 37.9 Å². The lowest BCUT2D eigenvalue weighted by atomic mass is 10.2. The van der Waals surface area contributed by atoms with Crippen LogP contribution in [0.2, 0.25) is 0 Å². The molecule has 1 aromatic heterocycles. The number of hydrogen-bond donors (Lipinski definition) is 2. The minimum Gasteiger partial charge on any atom is -0.465 e. The van der Waals surface area contributed by atoms with E-state index in [4.69, 9.17) is 9.47 Å². The second-order valence-corrected chi connectivity index (χ2v) is 6.86. The molecule has 1 saturated heterocycles. The molecule has 0 aliphatic carbocycles. The number of nitrogens with one attached hydrogen (secondary N) is 2. The van der Waals surface area contributed by atoms with Crippen molar-refractivity contribution in [3.05, 3.63) is 84.7 Å². The molecule has 1 aliphatic heterocycles. The Balaban J connectivity index is 1.49.